The highest BCUT2D eigenvalue weighted by Crippen LogP contribution is 2.40. The van der Waals surface area contributed by atoms with Crippen molar-refractivity contribution >= 4 is 11.8 Å². The molecule has 2 fully saturated rings. The lowest BCUT2D eigenvalue weighted by Gasteiger charge is -2.45. The highest BCUT2D eigenvalue weighted by molar-refractivity contribution is 5.97. The van der Waals surface area contributed by atoms with Gasteiger partial charge in [0.05, 0.1) is 5.56 Å². The summed E-state index contributed by atoms with van der Waals surface area (Å²) in [5.41, 5.74) is -0.527. The number of alkyl halides is 3. The van der Waals surface area contributed by atoms with Crippen LogP contribution in [0.2, 0.25) is 0 Å². The fourth-order valence-electron chi connectivity index (χ4n) is 4.05. The third-order valence-electron chi connectivity index (χ3n) is 5.37. The van der Waals surface area contributed by atoms with Crippen LogP contribution in [-0.4, -0.2) is 53.1 Å². The number of carbonyl (C=O) groups excluding carboxylic acids is 2. The average molecular weight is 382 g/mol. The summed E-state index contributed by atoms with van der Waals surface area (Å²) in [4.78, 5) is 28.2. The third kappa shape index (κ3) is 3.94. The van der Waals surface area contributed by atoms with Crippen LogP contribution in [0.3, 0.4) is 0 Å². The Labute approximate surface area is 155 Å². The zero-order chi connectivity index (χ0) is 19.7. The summed E-state index contributed by atoms with van der Waals surface area (Å²) in [6.45, 7) is 4.96. The smallest absolute Gasteiger partial charge is 0.405 e. The molecule has 2 amide bonds. The second-order valence-corrected chi connectivity index (χ2v) is 6.86. The molecule has 0 bridgehead atoms. The minimum Gasteiger partial charge on any atom is -0.405 e. The number of halogens is 3. The maximum absolute atomic E-state index is 13.1. The van der Waals surface area contributed by atoms with Crippen LogP contribution in [0.4, 0.5) is 13.2 Å². The van der Waals surface area contributed by atoms with Gasteiger partial charge in [0.15, 0.2) is 0 Å². The first kappa shape index (κ1) is 19.3. The Balaban J connectivity index is 1.81. The molecule has 0 aromatic heterocycles. The summed E-state index contributed by atoms with van der Waals surface area (Å²) in [5.74, 6) is -1.10. The molecule has 1 aromatic carbocycles. The van der Waals surface area contributed by atoms with Crippen molar-refractivity contribution in [1.82, 2.24) is 9.80 Å². The van der Waals surface area contributed by atoms with Crippen LogP contribution in [0, 0.1) is 0 Å². The lowest BCUT2D eigenvalue weighted by molar-refractivity contribution is -0.274. The second kappa shape index (κ2) is 7.25. The van der Waals surface area contributed by atoms with Gasteiger partial charge >= 0.3 is 6.36 Å². The molecule has 1 spiro atoms. The molecule has 0 radical (unpaired) electrons. The lowest BCUT2D eigenvalue weighted by Crippen LogP contribution is -2.54. The number of amides is 2. The van der Waals surface area contributed by atoms with Gasteiger partial charge in [-0.3, -0.25) is 9.59 Å². The average Bonchev–Trinajstić information content (AvgIpc) is 3.03. The van der Waals surface area contributed by atoms with Crippen molar-refractivity contribution in [3.63, 3.8) is 0 Å². The van der Waals surface area contributed by atoms with Crippen LogP contribution >= 0.6 is 0 Å². The van der Waals surface area contributed by atoms with E-state index in [0.717, 1.165) is 18.9 Å². The highest BCUT2D eigenvalue weighted by Gasteiger charge is 2.46. The molecule has 0 unspecified atom stereocenters. The van der Waals surface area contributed by atoms with E-state index in [1.54, 1.807) is 9.80 Å². The number of nitrogens with zero attached hydrogens (tertiary/aromatic N) is 2. The molecule has 5 nitrogen and oxygen atoms in total. The van der Waals surface area contributed by atoms with Crippen molar-refractivity contribution in [3.8, 4) is 5.75 Å². The Morgan fingerprint density at radius 1 is 1.11 bits per heavy atom. The Morgan fingerprint density at radius 2 is 1.78 bits per heavy atom. The molecule has 2 aliphatic heterocycles. The minimum atomic E-state index is -4.87. The Bertz CT molecular complexity index is 740. The molecular formula is C19H21F3N2O3. The van der Waals surface area contributed by atoms with E-state index in [9.17, 15) is 22.8 Å². The molecule has 8 heteroatoms. The lowest BCUT2D eigenvalue weighted by atomic mass is 9.84. The predicted molar refractivity (Wildman–Crippen MR) is 92.1 cm³/mol. The number of hydrogen-bond donors (Lipinski definition) is 0. The van der Waals surface area contributed by atoms with Gasteiger partial charge in [0, 0.05) is 25.2 Å². The van der Waals surface area contributed by atoms with Crippen molar-refractivity contribution in [3.05, 3.63) is 42.5 Å². The number of hydrogen-bond acceptors (Lipinski definition) is 3. The predicted octanol–water partition coefficient (Wildman–Crippen LogP) is 3.37. The number of likely N-dealkylation sites (tertiary alicyclic amines) is 2. The number of piperidine rings is 1. The topological polar surface area (TPSA) is 49.9 Å². The number of para-hydroxylation sites is 1. The van der Waals surface area contributed by atoms with Crippen molar-refractivity contribution in [2.24, 2.45) is 0 Å². The fraction of sp³-hybridized carbons (Fsp3) is 0.474. The monoisotopic (exact) mass is 382 g/mol. The number of benzene rings is 1. The fourth-order valence-corrected chi connectivity index (χ4v) is 4.05. The van der Waals surface area contributed by atoms with Crippen LogP contribution in [0.5, 0.6) is 5.75 Å². The molecule has 146 valence electrons. The molecule has 0 saturated carbocycles. The zero-order valence-electron chi connectivity index (χ0n) is 14.8. The standard InChI is InChI=1S/C19H21F3N2O3/c1-2-16(25)23-12-9-18(10-13-23)8-5-11-24(18)17(26)14-6-3-4-7-15(14)27-19(20,21)22/h2-4,6-7H,1,5,8-13H2. The first-order chi connectivity index (χ1) is 12.8. The van der Waals surface area contributed by atoms with E-state index >= 15 is 0 Å². The van der Waals surface area contributed by atoms with Gasteiger partial charge in [-0.2, -0.15) is 0 Å². The molecule has 0 N–H and O–H groups in total. The summed E-state index contributed by atoms with van der Waals surface area (Å²) < 4.78 is 42.1. The summed E-state index contributed by atoms with van der Waals surface area (Å²) in [6.07, 6.45) is -0.850. The summed E-state index contributed by atoms with van der Waals surface area (Å²) >= 11 is 0. The van der Waals surface area contributed by atoms with Gasteiger partial charge in [-0.25, -0.2) is 0 Å². The Morgan fingerprint density at radius 3 is 2.41 bits per heavy atom. The number of carbonyl (C=O) groups is 2. The largest absolute Gasteiger partial charge is 0.573 e. The van der Waals surface area contributed by atoms with Gasteiger partial charge in [0.2, 0.25) is 5.91 Å². The van der Waals surface area contributed by atoms with Crippen LogP contribution in [0.15, 0.2) is 36.9 Å². The van der Waals surface area contributed by atoms with Crippen LogP contribution in [0.25, 0.3) is 0 Å². The summed E-state index contributed by atoms with van der Waals surface area (Å²) in [7, 11) is 0. The SMILES string of the molecule is C=CC(=O)N1CCC2(CCCN2C(=O)c2ccccc2OC(F)(F)F)CC1. The Hall–Kier alpha value is -2.51. The molecule has 1 aromatic rings. The Kier molecular flexibility index (Phi) is 5.17. The molecule has 2 saturated heterocycles. The second-order valence-electron chi connectivity index (χ2n) is 6.86. The van der Waals surface area contributed by atoms with Crippen molar-refractivity contribution in [1.29, 1.82) is 0 Å². The van der Waals surface area contributed by atoms with Gasteiger partial charge < -0.3 is 14.5 Å². The van der Waals surface area contributed by atoms with Crippen molar-refractivity contribution in [2.75, 3.05) is 19.6 Å². The van der Waals surface area contributed by atoms with E-state index in [0.29, 0.717) is 32.5 Å². The van der Waals surface area contributed by atoms with Gasteiger partial charge in [-0.15, -0.1) is 13.2 Å². The highest BCUT2D eigenvalue weighted by atomic mass is 19.4. The molecule has 2 heterocycles. The maximum atomic E-state index is 13.1. The zero-order valence-corrected chi connectivity index (χ0v) is 14.8. The van der Waals surface area contributed by atoms with Gasteiger partial charge in [0.25, 0.3) is 5.91 Å². The van der Waals surface area contributed by atoms with Gasteiger partial charge in [-0.05, 0) is 43.9 Å². The molecule has 27 heavy (non-hydrogen) atoms. The maximum Gasteiger partial charge on any atom is 0.573 e. The normalized spacial score (nSPS) is 19.2. The third-order valence-corrected chi connectivity index (χ3v) is 5.37. The molecular weight excluding hydrogens is 361 g/mol. The first-order valence-corrected chi connectivity index (χ1v) is 8.84. The first-order valence-electron chi connectivity index (χ1n) is 8.84. The van der Waals surface area contributed by atoms with E-state index in [1.165, 1.54) is 24.3 Å². The van der Waals surface area contributed by atoms with E-state index in [1.807, 2.05) is 0 Å². The molecule has 0 aliphatic carbocycles. The van der Waals surface area contributed by atoms with Crippen LogP contribution < -0.4 is 4.74 Å². The van der Waals surface area contributed by atoms with E-state index in [-0.39, 0.29) is 11.5 Å². The van der Waals surface area contributed by atoms with Crippen LogP contribution in [-0.2, 0) is 4.79 Å². The molecule has 3 rings (SSSR count). The summed E-state index contributed by atoms with van der Waals surface area (Å²) in [5, 5.41) is 0. The van der Waals surface area contributed by atoms with Gasteiger partial charge in [0.1, 0.15) is 5.75 Å². The van der Waals surface area contributed by atoms with Crippen molar-refractivity contribution < 1.29 is 27.5 Å². The van der Waals surface area contributed by atoms with E-state index in [2.05, 4.69) is 11.3 Å². The molecule has 0 atom stereocenters. The molecule has 2 aliphatic rings. The van der Waals surface area contributed by atoms with E-state index in [4.69, 9.17) is 0 Å². The number of ether oxygens (including phenoxy) is 1. The van der Waals surface area contributed by atoms with Crippen molar-refractivity contribution in [2.45, 2.75) is 37.6 Å². The summed E-state index contributed by atoms with van der Waals surface area (Å²) in [6, 6.07) is 5.42. The van der Waals surface area contributed by atoms with Crippen LogP contribution in [0.1, 0.15) is 36.0 Å². The quantitative estimate of drug-likeness (QED) is 0.754. The minimum absolute atomic E-state index is 0.0966. The number of rotatable bonds is 3. The van der Waals surface area contributed by atoms with E-state index < -0.39 is 23.6 Å². The van der Waals surface area contributed by atoms with Gasteiger partial charge in [-0.1, -0.05) is 18.7 Å².